The Hall–Kier alpha value is -2.99. The van der Waals surface area contributed by atoms with E-state index in [1.807, 2.05) is 31.2 Å². The minimum absolute atomic E-state index is 0.110. The Labute approximate surface area is 176 Å². The zero-order valence-electron chi connectivity index (χ0n) is 15.7. The van der Waals surface area contributed by atoms with Crippen molar-refractivity contribution < 1.29 is 14.0 Å². The second-order valence-electron chi connectivity index (χ2n) is 6.98. The number of rotatable bonds is 2. The lowest BCUT2D eigenvalue weighted by atomic mass is 9.95. The summed E-state index contributed by atoms with van der Waals surface area (Å²) in [5.41, 5.74) is 3.48. The van der Waals surface area contributed by atoms with Crippen LogP contribution in [0.4, 0.5) is 10.1 Å². The van der Waals surface area contributed by atoms with Crippen LogP contribution in [0.2, 0.25) is 0 Å². The van der Waals surface area contributed by atoms with Crippen molar-refractivity contribution in [3.63, 3.8) is 0 Å². The fraction of sp³-hybridized carbons (Fsp3) is 0.130. The van der Waals surface area contributed by atoms with Crippen LogP contribution in [0.25, 0.3) is 0 Å². The van der Waals surface area contributed by atoms with E-state index >= 15 is 0 Å². The molecular formula is C23H18BrFN2O2. The molecule has 1 aliphatic heterocycles. The highest BCUT2D eigenvalue weighted by atomic mass is 79.9. The third kappa shape index (κ3) is 3.80. The number of benzene rings is 3. The van der Waals surface area contributed by atoms with E-state index in [9.17, 15) is 14.0 Å². The summed E-state index contributed by atoms with van der Waals surface area (Å²) in [6, 6.07) is 18.3. The van der Waals surface area contributed by atoms with E-state index in [4.69, 9.17) is 0 Å². The molecule has 0 fully saturated rings. The Morgan fingerprint density at radius 1 is 1.10 bits per heavy atom. The van der Waals surface area contributed by atoms with Crippen molar-refractivity contribution in [3.8, 4) is 0 Å². The molecule has 1 atom stereocenters. The summed E-state index contributed by atoms with van der Waals surface area (Å²) in [4.78, 5) is 27.7. The van der Waals surface area contributed by atoms with Crippen LogP contribution in [0, 0.1) is 12.7 Å². The van der Waals surface area contributed by atoms with E-state index in [0.717, 1.165) is 21.2 Å². The molecule has 0 saturated carbocycles. The highest BCUT2D eigenvalue weighted by Crippen LogP contribution is 2.38. The zero-order valence-corrected chi connectivity index (χ0v) is 17.2. The normalized spacial score (nSPS) is 16.0. The molecule has 1 heterocycles. The topological polar surface area (TPSA) is 49.4 Å². The number of hydrogen-bond acceptors (Lipinski definition) is 2. The molecule has 4 rings (SSSR count). The van der Waals surface area contributed by atoms with Gasteiger partial charge < -0.3 is 10.2 Å². The number of halogens is 2. The standard InChI is InChI=1S/C23H18BrFN2O2/c1-14-4-2-3-5-18(14)23(29)27-13-21(28)26-20-11-8-16(24)12-19(20)22(27)15-6-9-17(25)10-7-15/h2-12,22H,13H2,1H3,(H,26,28). The number of amides is 2. The second kappa shape index (κ2) is 7.79. The summed E-state index contributed by atoms with van der Waals surface area (Å²) in [5.74, 6) is -0.886. The van der Waals surface area contributed by atoms with Gasteiger partial charge in [-0.3, -0.25) is 9.59 Å². The molecule has 3 aromatic carbocycles. The molecule has 3 aromatic rings. The van der Waals surface area contributed by atoms with Crippen molar-refractivity contribution in [3.05, 3.63) is 99.3 Å². The van der Waals surface area contributed by atoms with Gasteiger partial charge in [0.15, 0.2) is 0 Å². The van der Waals surface area contributed by atoms with E-state index in [2.05, 4.69) is 21.2 Å². The molecule has 0 aromatic heterocycles. The first-order valence-corrected chi connectivity index (χ1v) is 9.94. The van der Waals surface area contributed by atoms with Gasteiger partial charge in [-0.1, -0.05) is 46.3 Å². The van der Waals surface area contributed by atoms with Gasteiger partial charge in [-0.05, 0) is 54.4 Å². The summed E-state index contributed by atoms with van der Waals surface area (Å²) in [5, 5.41) is 2.88. The molecule has 6 heteroatoms. The first kappa shape index (κ1) is 19.3. The quantitative estimate of drug-likeness (QED) is 0.589. The van der Waals surface area contributed by atoms with Crippen molar-refractivity contribution in [1.29, 1.82) is 0 Å². The molecule has 0 spiro atoms. The summed E-state index contributed by atoms with van der Waals surface area (Å²) in [6.07, 6.45) is 0. The maximum atomic E-state index is 13.6. The predicted octanol–water partition coefficient (Wildman–Crippen LogP) is 5.08. The van der Waals surface area contributed by atoms with Crippen molar-refractivity contribution in [1.82, 2.24) is 4.90 Å². The Morgan fingerprint density at radius 2 is 1.83 bits per heavy atom. The lowest BCUT2D eigenvalue weighted by Gasteiger charge is -2.31. The Bertz CT molecular complexity index is 1100. The fourth-order valence-corrected chi connectivity index (χ4v) is 4.02. The van der Waals surface area contributed by atoms with Gasteiger partial charge in [0, 0.05) is 21.3 Å². The third-order valence-corrected chi connectivity index (χ3v) is 5.52. The van der Waals surface area contributed by atoms with Crippen LogP contribution in [-0.4, -0.2) is 23.3 Å². The van der Waals surface area contributed by atoms with Crippen LogP contribution in [0.15, 0.2) is 71.2 Å². The predicted molar refractivity (Wildman–Crippen MR) is 113 cm³/mol. The minimum atomic E-state index is -0.547. The Balaban J connectivity index is 1.91. The first-order chi connectivity index (χ1) is 13.9. The molecule has 0 bridgehead atoms. The SMILES string of the molecule is Cc1ccccc1C(=O)N1CC(=O)Nc2ccc(Br)cc2C1c1ccc(F)cc1. The molecule has 1 unspecified atom stereocenters. The van der Waals surface area contributed by atoms with E-state index in [1.54, 1.807) is 35.2 Å². The monoisotopic (exact) mass is 452 g/mol. The molecular weight excluding hydrogens is 435 g/mol. The average molecular weight is 453 g/mol. The van der Waals surface area contributed by atoms with E-state index in [1.165, 1.54) is 12.1 Å². The van der Waals surface area contributed by atoms with Crippen molar-refractivity contribution in [2.24, 2.45) is 0 Å². The van der Waals surface area contributed by atoms with Gasteiger partial charge in [-0.2, -0.15) is 0 Å². The lowest BCUT2D eigenvalue weighted by Crippen LogP contribution is -2.39. The van der Waals surface area contributed by atoms with Crippen molar-refractivity contribution >= 4 is 33.4 Å². The molecule has 1 N–H and O–H groups in total. The summed E-state index contributed by atoms with van der Waals surface area (Å²) >= 11 is 3.48. The number of hydrogen-bond donors (Lipinski definition) is 1. The molecule has 0 radical (unpaired) electrons. The minimum Gasteiger partial charge on any atom is -0.324 e. The van der Waals surface area contributed by atoms with Gasteiger partial charge in [-0.25, -0.2) is 4.39 Å². The van der Waals surface area contributed by atoms with Crippen molar-refractivity contribution in [2.45, 2.75) is 13.0 Å². The van der Waals surface area contributed by atoms with E-state index in [0.29, 0.717) is 11.3 Å². The van der Waals surface area contributed by atoms with Crippen LogP contribution in [-0.2, 0) is 4.79 Å². The van der Waals surface area contributed by atoms with Crippen LogP contribution in [0.5, 0.6) is 0 Å². The largest absolute Gasteiger partial charge is 0.324 e. The Morgan fingerprint density at radius 3 is 2.55 bits per heavy atom. The molecule has 2 amide bonds. The van der Waals surface area contributed by atoms with Gasteiger partial charge in [-0.15, -0.1) is 0 Å². The molecule has 1 aliphatic rings. The van der Waals surface area contributed by atoms with Gasteiger partial charge in [0.1, 0.15) is 12.4 Å². The number of carbonyl (C=O) groups is 2. The lowest BCUT2D eigenvalue weighted by molar-refractivity contribution is -0.117. The first-order valence-electron chi connectivity index (χ1n) is 9.15. The number of aryl methyl sites for hydroxylation is 1. The smallest absolute Gasteiger partial charge is 0.255 e. The van der Waals surface area contributed by atoms with Crippen LogP contribution in [0.1, 0.15) is 33.1 Å². The maximum absolute atomic E-state index is 13.6. The number of nitrogens with one attached hydrogen (secondary N) is 1. The second-order valence-corrected chi connectivity index (χ2v) is 7.90. The summed E-state index contributed by atoms with van der Waals surface area (Å²) in [6.45, 7) is 1.75. The van der Waals surface area contributed by atoms with Crippen LogP contribution < -0.4 is 5.32 Å². The molecule has 29 heavy (non-hydrogen) atoms. The number of anilines is 1. The highest BCUT2D eigenvalue weighted by molar-refractivity contribution is 9.10. The van der Waals surface area contributed by atoms with Crippen LogP contribution in [0.3, 0.4) is 0 Å². The molecule has 0 saturated heterocycles. The van der Waals surface area contributed by atoms with Gasteiger partial charge in [0.05, 0.1) is 6.04 Å². The third-order valence-electron chi connectivity index (χ3n) is 5.03. The van der Waals surface area contributed by atoms with E-state index < -0.39 is 6.04 Å². The summed E-state index contributed by atoms with van der Waals surface area (Å²) < 4.78 is 14.4. The average Bonchev–Trinajstić information content (AvgIpc) is 2.84. The Kier molecular flexibility index (Phi) is 5.20. The summed E-state index contributed by atoms with van der Waals surface area (Å²) in [7, 11) is 0. The molecule has 146 valence electrons. The number of nitrogens with zero attached hydrogens (tertiary/aromatic N) is 1. The molecule has 0 aliphatic carbocycles. The zero-order chi connectivity index (χ0) is 20.5. The number of fused-ring (bicyclic) bond motifs is 1. The van der Waals surface area contributed by atoms with Crippen molar-refractivity contribution in [2.75, 3.05) is 11.9 Å². The maximum Gasteiger partial charge on any atom is 0.255 e. The molecule has 4 nitrogen and oxygen atoms in total. The number of carbonyl (C=O) groups excluding carboxylic acids is 2. The fourth-order valence-electron chi connectivity index (χ4n) is 3.64. The van der Waals surface area contributed by atoms with Gasteiger partial charge in [0.25, 0.3) is 5.91 Å². The van der Waals surface area contributed by atoms with E-state index in [-0.39, 0.29) is 24.2 Å². The van der Waals surface area contributed by atoms with Crippen LogP contribution >= 0.6 is 15.9 Å². The highest BCUT2D eigenvalue weighted by Gasteiger charge is 2.34. The van der Waals surface area contributed by atoms with Gasteiger partial charge >= 0.3 is 0 Å². The van der Waals surface area contributed by atoms with Gasteiger partial charge in [0.2, 0.25) is 5.91 Å².